The minimum Gasteiger partial charge on any atom is -0.326 e. The fourth-order valence-corrected chi connectivity index (χ4v) is 4.64. The van der Waals surface area contributed by atoms with Crippen molar-refractivity contribution in [2.75, 3.05) is 9.62 Å². The number of nitrogens with one attached hydrogen (secondary N) is 1. The Morgan fingerprint density at radius 3 is 2.07 bits per heavy atom. The number of nitrogens with zero attached hydrogens (tertiary/aromatic N) is 1. The van der Waals surface area contributed by atoms with Crippen molar-refractivity contribution in [3.05, 3.63) is 54.1 Å². The fourth-order valence-electron chi connectivity index (χ4n) is 2.84. The van der Waals surface area contributed by atoms with Crippen molar-refractivity contribution >= 4 is 44.1 Å². The first-order valence-electron chi connectivity index (χ1n) is 8.76. The van der Waals surface area contributed by atoms with Crippen molar-refractivity contribution < 1.29 is 18.0 Å². The molecule has 0 radical (unpaired) electrons. The molecule has 0 spiro atoms. The Labute approximate surface area is 170 Å². The summed E-state index contributed by atoms with van der Waals surface area (Å²) in [5.41, 5.74) is 1.66. The van der Waals surface area contributed by atoms with Crippen molar-refractivity contribution in [1.29, 1.82) is 0 Å². The molecule has 0 bridgehead atoms. The van der Waals surface area contributed by atoms with Crippen LogP contribution in [0, 0.1) is 0 Å². The lowest BCUT2D eigenvalue weighted by Gasteiger charge is -2.31. The van der Waals surface area contributed by atoms with Gasteiger partial charge in [0, 0.05) is 12.6 Å². The maximum Gasteiger partial charge on any atom is 0.265 e. The van der Waals surface area contributed by atoms with E-state index in [9.17, 15) is 18.0 Å². The first-order chi connectivity index (χ1) is 13.1. The summed E-state index contributed by atoms with van der Waals surface area (Å²) >= 11 is 5.69. The number of rotatable bonds is 7. The molecule has 2 rings (SSSR count). The van der Waals surface area contributed by atoms with Crippen LogP contribution in [0.15, 0.2) is 53.4 Å². The lowest BCUT2D eigenvalue weighted by atomic mass is 10.0. The van der Waals surface area contributed by atoms with Crippen molar-refractivity contribution in [3.63, 3.8) is 0 Å². The highest BCUT2D eigenvalue weighted by Crippen LogP contribution is 2.34. The molecule has 1 amide bonds. The van der Waals surface area contributed by atoms with E-state index in [0.29, 0.717) is 11.4 Å². The van der Waals surface area contributed by atoms with Gasteiger partial charge in [-0.1, -0.05) is 32.0 Å². The van der Waals surface area contributed by atoms with Gasteiger partial charge in [0.25, 0.3) is 10.0 Å². The Morgan fingerprint density at radius 2 is 1.57 bits per heavy atom. The van der Waals surface area contributed by atoms with Gasteiger partial charge in [0.15, 0.2) is 0 Å². The summed E-state index contributed by atoms with van der Waals surface area (Å²) < 4.78 is 27.9. The third kappa shape index (κ3) is 4.72. The highest BCUT2D eigenvalue weighted by molar-refractivity contribution is 7.93. The van der Waals surface area contributed by atoms with Gasteiger partial charge in [0.2, 0.25) is 11.1 Å². The second-order valence-electron chi connectivity index (χ2n) is 6.70. The number of amides is 1. The summed E-state index contributed by atoms with van der Waals surface area (Å²) in [6, 6.07) is 11.7. The van der Waals surface area contributed by atoms with E-state index in [-0.39, 0.29) is 16.7 Å². The van der Waals surface area contributed by atoms with Gasteiger partial charge >= 0.3 is 0 Å². The Balaban J connectivity index is 2.61. The van der Waals surface area contributed by atoms with Gasteiger partial charge in [-0.25, -0.2) is 8.42 Å². The zero-order chi connectivity index (χ0) is 21.1. The van der Waals surface area contributed by atoms with Gasteiger partial charge < -0.3 is 5.32 Å². The van der Waals surface area contributed by atoms with E-state index < -0.39 is 21.3 Å². The van der Waals surface area contributed by atoms with Gasteiger partial charge in [-0.3, -0.25) is 13.9 Å². The van der Waals surface area contributed by atoms with Gasteiger partial charge in [-0.2, -0.15) is 0 Å². The molecule has 0 aliphatic heterocycles. The first-order valence-corrected chi connectivity index (χ1v) is 10.6. The summed E-state index contributed by atoms with van der Waals surface area (Å²) in [4.78, 5) is 23.1. The Kier molecular flexibility index (Phi) is 6.85. The molecule has 150 valence electrons. The molecule has 0 aliphatic rings. The van der Waals surface area contributed by atoms with Crippen LogP contribution in [0.1, 0.15) is 39.2 Å². The topological polar surface area (TPSA) is 83.6 Å². The first kappa shape index (κ1) is 21.9. The lowest BCUT2D eigenvalue weighted by Crippen LogP contribution is -2.42. The molecule has 8 heteroatoms. The Hall–Kier alpha value is -2.38. The van der Waals surface area contributed by atoms with Crippen LogP contribution in [0.2, 0.25) is 0 Å². The van der Waals surface area contributed by atoms with E-state index in [0.717, 1.165) is 9.87 Å². The van der Waals surface area contributed by atoms with Crippen molar-refractivity contribution in [2.45, 2.75) is 44.6 Å². The number of hydrogen-bond donors (Lipinski definition) is 1. The zero-order valence-electron chi connectivity index (χ0n) is 16.1. The predicted octanol–water partition coefficient (Wildman–Crippen LogP) is 4.12. The minimum atomic E-state index is -4.08. The molecule has 0 aromatic heterocycles. The highest BCUT2D eigenvalue weighted by atomic mass is 35.5. The van der Waals surface area contributed by atoms with Crippen LogP contribution in [-0.4, -0.2) is 25.6 Å². The second kappa shape index (κ2) is 8.75. The normalized spacial score (nSPS) is 12.5. The molecule has 0 fully saturated rings. The van der Waals surface area contributed by atoms with Crippen LogP contribution in [0.5, 0.6) is 0 Å². The van der Waals surface area contributed by atoms with Gasteiger partial charge in [0.1, 0.15) is 6.04 Å². The molecular formula is C20H23ClN2O4S. The summed E-state index contributed by atoms with van der Waals surface area (Å²) in [7, 11) is -4.08. The standard InChI is InChI=1S/C20H23ClN2O4S/c1-13(2)18-7-5-6-8-19(18)23(14(3)20(21)25)28(26,27)17-11-9-16(10-12-17)22-15(4)24/h5-14H,1-4H3,(H,22,24). The smallest absolute Gasteiger partial charge is 0.265 e. The maximum absolute atomic E-state index is 13.4. The molecule has 2 aromatic carbocycles. The third-order valence-electron chi connectivity index (χ3n) is 4.21. The number of benzene rings is 2. The van der Waals surface area contributed by atoms with E-state index in [2.05, 4.69) is 5.32 Å². The molecule has 2 aromatic rings. The van der Waals surface area contributed by atoms with Crippen LogP contribution in [0.25, 0.3) is 0 Å². The average Bonchev–Trinajstić information content (AvgIpc) is 2.61. The van der Waals surface area contributed by atoms with Gasteiger partial charge in [-0.15, -0.1) is 0 Å². The van der Waals surface area contributed by atoms with Crippen LogP contribution in [-0.2, 0) is 19.6 Å². The van der Waals surface area contributed by atoms with Crippen molar-refractivity contribution in [1.82, 2.24) is 0 Å². The third-order valence-corrected chi connectivity index (χ3v) is 6.42. The molecule has 28 heavy (non-hydrogen) atoms. The van der Waals surface area contributed by atoms with Crippen LogP contribution in [0.3, 0.4) is 0 Å². The molecule has 0 heterocycles. The zero-order valence-corrected chi connectivity index (χ0v) is 17.7. The Bertz CT molecular complexity index is 972. The van der Waals surface area contributed by atoms with Crippen LogP contribution in [0.4, 0.5) is 11.4 Å². The molecule has 6 nitrogen and oxygen atoms in total. The van der Waals surface area contributed by atoms with Crippen molar-refractivity contribution in [3.8, 4) is 0 Å². The van der Waals surface area contributed by atoms with E-state index in [1.807, 2.05) is 26.0 Å². The van der Waals surface area contributed by atoms with Crippen molar-refractivity contribution in [2.24, 2.45) is 0 Å². The fraction of sp³-hybridized carbons (Fsp3) is 0.300. The number of para-hydroxylation sites is 1. The van der Waals surface area contributed by atoms with E-state index in [4.69, 9.17) is 11.6 Å². The quantitative estimate of drug-likeness (QED) is 0.680. The summed E-state index contributed by atoms with van der Waals surface area (Å²) in [5.74, 6) is -0.224. The lowest BCUT2D eigenvalue weighted by molar-refractivity contribution is -0.114. The monoisotopic (exact) mass is 422 g/mol. The number of carbonyl (C=O) groups excluding carboxylic acids is 2. The van der Waals surface area contributed by atoms with Gasteiger partial charge in [-0.05, 0) is 60.3 Å². The van der Waals surface area contributed by atoms with Gasteiger partial charge in [0.05, 0.1) is 10.6 Å². The van der Waals surface area contributed by atoms with E-state index >= 15 is 0 Å². The Morgan fingerprint density at radius 1 is 1.00 bits per heavy atom. The number of halogens is 1. The molecule has 0 saturated heterocycles. The number of sulfonamides is 1. The van der Waals surface area contributed by atoms with E-state index in [1.165, 1.54) is 38.1 Å². The minimum absolute atomic E-state index is 0.00933. The molecule has 1 atom stereocenters. The number of hydrogen-bond acceptors (Lipinski definition) is 4. The van der Waals surface area contributed by atoms with E-state index in [1.54, 1.807) is 12.1 Å². The molecule has 1 N–H and O–H groups in total. The maximum atomic E-state index is 13.4. The molecule has 0 saturated carbocycles. The van der Waals surface area contributed by atoms with Crippen LogP contribution < -0.4 is 9.62 Å². The predicted molar refractivity (Wildman–Crippen MR) is 111 cm³/mol. The summed E-state index contributed by atoms with van der Waals surface area (Å²) in [5, 5.41) is 1.81. The number of anilines is 2. The molecule has 0 aliphatic carbocycles. The second-order valence-corrected chi connectivity index (χ2v) is 8.89. The molecule has 1 unspecified atom stereocenters. The number of carbonyl (C=O) groups is 2. The van der Waals surface area contributed by atoms with Crippen LogP contribution >= 0.6 is 11.6 Å². The largest absolute Gasteiger partial charge is 0.326 e. The average molecular weight is 423 g/mol. The summed E-state index contributed by atoms with van der Waals surface area (Å²) in [6.45, 7) is 6.71. The molecular weight excluding hydrogens is 400 g/mol. The highest BCUT2D eigenvalue weighted by Gasteiger charge is 2.34. The summed E-state index contributed by atoms with van der Waals surface area (Å²) in [6.07, 6.45) is 0. The SMILES string of the molecule is CC(=O)Nc1ccc(S(=O)(=O)N(c2ccccc2C(C)C)C(C)C(=O)Cl)cc1.